The van der Waals surface area contributed by atoms with E-state index in [1.807, 2.05) is 47.0 Å². The van der Waals surface area contributed by atoms with Crippen LogP contribution < -0.4 is 0 Å². The van der Waals surface area contributed by atoms with E-state index in [0.29, 0.717) is 9.79 Å². The number of halogens is 2. The van der Waals surface area contributed by atoms with E-state index in [1.165, 1.54) is 0 Å². The van der Waals surface area contributed by atoms with Crippen molar-refractivity contribution in [2.45, 2.75) is 0 Å². The minimum absolute atomic E-state index is 0.672. The Balaban J connectivity index is 2.34. The Kier molecular flexibility index (Phi) is 3.01. The van der Waals surface area contributed by atoms with E-state index in [-0.39, 0.29) is 0 Å². The largest absolute Gasteiger partial charge is 0.330 e. The maximum Gasteiger partial charge on any atom is 0.182 e. The molecule has 0 radical (unpaired) electrons. The molecule has 5 heteroatoms. The second-order valence-electron chi connectivity index (χ2n) is 3.88. The van der Waals surface area contributed by atoms with Gasteiger partial charge in [0.25, 0.3) is 0 Å². The maximum atomic E-state index is 6.01. The van der Waals surface area contributed by atoms with Crippen LogP contribution in [0, 0.1) is 4.77 Å². The van der Waals surface area contributed by atoms with Crippen LogP contribution in [-0.2, 0) is 0 Å². The number of nitrogens with one attached hydrogen (secondary N) is 1. The van der Waals surface area contributed by atoms with E-state index in [1.54, 1.807) is 0 Å². The van der Waals surface area contributed by atoms with Crippen LogP contribution in [0.15, 0.2) is 46.9 Å². The lowest BCUT2D eigenvalue weighted by molar-refractivity contribution is 1.06. The first-order chi connectivity index (χ1) is 8.66. The van der Waals surface area contributed by atoms with Crippen molar-refractivity contribution >= 4 is 50.8 Å². The molecule has 0 bridgehead atoms. The zero-order valence-corrected chi connectivity index (χ0v) is 12.3. The van der Waals surface area contributed by atoms with Crippen molar-refractivity contribution in [3.63, 3.8) is 0 Å². The summed E-state index contributed by atoms with van der Waals surface area (Å²) in [7, 11) is 0. The lowest BCUT2D eigenvalue weighted by atomic mass is 10.3. The zero-order chi connectivity index (χ0) is 12.7. The maximum absolute atomic E-state index is 6.01. The van der Waals surface area contributed by atoms with Crippen LogP contribution in [0.3, 0.4) is 0 Å². The quantitative estimate of drug-likeness (QED) is 0.611. The summed E-state index contributed by atoms with van der Waals surface area (Å²) in [5.41, 5.74) is 3.05. The lowest BCUT2D eigenvalue weighted by Crippen LogP contribution is -1.93. The smallest absolute Gasteiger partial charge is 0.182 e. The van der Waals surface area contributed by atoms with Crippen LogP contribution >= 0.6 is 39.7 Å². The number of aromatic nitrogens is 2. The Bertz CT molecular complexity index is 791. The highest BCUT2D eigenvalue weighted by Crippen LogP contribution is 2.27. The minimum Gasteiger partial charge on any atom is -0.330 e. The summed E-state index contributed by atoms with van der Waals surface area (Å²) in [4.78, 5) is 3.19. The average molecular weight is 340 g/mol. The SMILES string of the molecule is S=c1[nH]c2ccccc2n1-c1ccc(Cl)c(Br)c1. The van der Waals surface area contributed by atoms with Gasteiger partial charge in [0.2, 0.25) is 0 Å². The van der Waals surface area contributed by atoms with Gasteiger partial charge in [-0.2, -0.15) is 0 Å². The number of hydrogen-bond acceptors (Lipinski definition) is 1. The zero-order valence-electron chi connectivity index (χ0n) is 9.15. The van der Waals surface area contributed by atoms with Crippen LogP contribution in [0.2, 0.25) is 5.02 Å². The van der Waals surface area contributed by atoms with Crippen LogP contribution in [-0.4, -0.2) is 9.55 Å². The van der Waals surface area contributed by atoms with Crippen molar-refractivity contribution in [2.24, 2.45) is 0 Å². The minimum atomic E-state index is 0.672. The Labute approximate surface area is 122 Å². The molecule has 90 valence electrons. The standard InChI is InChI=1S/C13H8BrClN2S/c14-9-7-8(5-6-10(9)15)17-12-4-2-1-3-11(12)16-13(17)18/h1-7H,(H,16,18). The number of aromatic amines is 1. The number of rotatable bonds is 1. The molecule has 1 heterocycles. The predicted molar refractivity (Wildman–Crippen MR) is 81.2 cm³/mol. The van der Waals surface area contributed by atoms with Gasteiger partial charge < -0.3 is 4.98 Å². The van der Waals surface area contributed by atoms with Gasteiger partial charge in [-0.3, -0.25) is 4.57 Å². The van der Waals surface area contributed by atoms with Crippen LogP contribution in [0.4, 0.5) is 0 Å². The third-order valence-electron chi connectivity index (χ3n) is 2.75. The summed E-state index contributed by atoms with van der Waals surface area (Å²) in [5, 5.41) is 0.685. The first-order valence-corrected chi connectivity index (χ1v) is 6.90. The van der Waals surface area contributed by atoms with Crippen LogP contribution in [0.5, 0.6) is 0 Å². The molecule has 1 N–H and O–H groups in total. The highest BCUT2D eigenvalue weighted by atomic mass is 79.9. The molecule has 0 unspecified atom stereocenters. The molecule has 0 fully saturated rings. The number of imidazole rings is 1. The van der Waals surface area contributed by atoms with Crippen molar-refractivity contribution in [3.8, 4) is 5.69 Å². The Morgan fingerprint density at radius 3 is 2.72 bits per heavy atom. The summed E-state index contributed by atoms with van der Waals surface area (Å²) < 4.78 is 3.52. The first-order valence-electron chi connectivity index (χ1n) is 5.32. The molecule has 0 aliphatic heterocycles. The number of nitrogens with zero attached hydrogens (tertiary/aromatic N) is 1. The van der Waals surface area contributed by atoms with Crippen LogP contribution in [0.25, 0.3) is 16.7 Å². The molecule has 0 spiro atoms. The lowest BCUT2D eigenvalue weighted by Gasteiger charge is -2.06. The normalized spacial score (nSPS) is 11.0. The Hall–Kier alpha value is -1.10. The average Bonchev–Trinajstić information content (AvgIpc) is 2.69. The molecule has 0 aliphatic carbocycles. The van der Waals surface area contributed by atoms with Gasteiger partial charge in [-0.15, -0.1) is 0 Å². The van der Waals surface area contributed by atoms with Crippen molar-refractivity contribution in [1.29, 1.82) is 0 Å². The van der Waals surface area contributed by atoms with Gasteiger partial charge in [0.1, 0.15) is 0 Å². The number of para-hydroxylation sites is 2. The molecule has 0 amide bonds. The summed E-state index contributed by atoms with van der Waals surface area (Å²) in [6.45, 7) is 0. The fourth-order valence-electron chi connectivity index (χ4n) is 1.94. The van der Waals surface area contributed by atoms with Gasteiger partial charge in [0.05, 0.1) is 16.1 Å². The summed E-state index contributed by atoms with van der Waals surface area (Å²) in [6, 6.07) is 13.8. The number of hydrogen-bond donors (Lipinski definition) is 1. The molecule has 3 rings (SSSR count). The van der Waals surface area contributed by atoms with Crippen LogP contribution in [0.1, 0.15) is 0 Å². The van der Waals surface area contributed by atoms with E-state index >= 15 is 0 Å². The molecular formula is C13H8BrClN2S. The van der Waals surface area contributed by atoms with E-state index in [9.17, 15) is 0 Å². The molecule has 2 nitrogen and oxygen atoms in total. The number of fused-ring (bicyclic) bond motifs is 1. The van der Waals surface area contributed by atoms with Gasteiger partial charge in [-0.05, 0) is 58.5 Å². The molecule has 2 aromatic carbocycles. The second kappa shape index (κ2) is 4.53. The summed E-state index contributed by atoms with van der Waals surface area (Å²) in [5.74, 6) is 0. The van der Waals surface area contributed by atoms with Gasteiger partial charge in [-0.1, -0.05) is 23.7 Å². The van der Waals surface area contributed by atoms with Gasteiger partial charge >= 0.3 is 0 Å². The summed E-state index contributed by atoms with van der Waals surface area (Å²) in [6.07, 6.45) is 0. The molecule has 0 saturated heterocycles. The van der Waals surface area contributed by atoms with Gasteiger partial charge in [0.15, 0.2) is 4.77 Å². The highest BCUT2D eigenvalue weighted by molar-refractivity contribution is 9.10. The van der Waals surface area contributed by atoms with E-state index < -0.39 is 0 Å². The number of H-pyrrole nitrogens is 1. The van der Waals surface area contributed by atoms with Gasteiger partial charge in [-0.25, -0.2) is 0 Å². The van der Waals surface area contributed by atoms with Gasteiger partial charge in [0, 0.05) is 10.2 Å². The molecule has 0 saturated carbocycles. The topological polar surface area (TPSA) is 20.7 Å². The van der Waals surface area contributed by atoms with Crippen molar-refractivity contribution in [3.05, 3.63) is 56.7 Å². The molecular weight excluding hydrogens is 332 g/mol. The highest BCUT2D eigenvalue weighted by Gasteiger charge is 2.07. The molecule has 1 aromatic heterocycles. The first kappa shape index (κ1) is 12.0. The van der Waals surface area contributed by atoms with E-state index in [0.717, 1.165) is 21.2 Å². The van der Waals surface area contributed by atoms with Crippen molar-refractivity contribution in [1.82, 2.24) is 9.55 Å². The second-order valence-corrected chi connectivity index (χ2v) is 5.53. The molecule has 18 heavy (non-hydrogen) atoms. The monoisotopic (exact) mass is 338 g/mol. The molecule has 0 aliphatic rings. The van der Waals surface area contributed by atoms with E-state index in [4.69, 9.17) is 23.8 Å². The third kappa shape index (κ3) is 1.90. The Morgan fingerprint density at radius 1 is 1.17 bits per heavy atom. The van der Waals surface area contributed by atoms with E-state index in [2.05, 4.69) is 20.9 Å². The molecule has 0 atom stereocenters. The van der Waals surface area contributed by atoms with Crippen molar-refractivity contribution < 1.29 is 0 Å². The van der Waals surface area contributed by atoms with Crippen molar-refractivity contribution in [2.75, 3.05) is 0 Å². The fraction of sp³-hybridized carbons (Fsp3) is 0. The number of benzene rings is 2. The summed E-state index contributed by atoms with van der Waals surface area (Å²) >= 11 is 14.8. The fourth-order valence-corrected chi connectivity index (χ4v) is 2.73. The Morgan fingerprint density at radius 2 is 1.94 bits per heavy atom. The predicted octanol–water partition coefficient (Wildman–Crippen LogP) is 5.10. The molecule has 3 aromatic rings. The third-order valence-corrected chi connectivity index (χ3v) is 4.25.